The number of carbonyl (C=O) groups is 6. The van der Waals surface area contributed by atoms with Crippen LogP contribution in [0.4, 0.5) is 11.4 Å². The van der Waals surface area contributed by atoms with Crippen molar-refractivity contribution < 1.29 is 88.6 Å². The number of benzene rings is 3. The van der Waals surface area contributed by atoms with Crippen LogP contribution in [0.15, 0.2) is 75.2 Å². The Labute approximate surface area is 545 Å². The smallest absolute Gasteiger partial charge is 0.312 e. The first-order chi connectivity index (χ1) is 44.0. The van der Waals surface area contributed by atoms with E-state index in [1.54, 1.807) is 86.0 Å². The molecule has 25 nitrogen and oxygen atoms in total. The first-order valence-corrected chi connectivity index (χ1v) is 31.7. The van der Waals surface area contributed by atoms with Gasteiger partial charge in [0.2, 0.25) is 5.78 Å². The summed E-state index contributed by atoms with van der Waals surface area (Å²) in [6.07, 6.45) is 5.36. The lowest BCUT2D eigenvalue weighted by Crippen LogP contribution is -2.65. The Morgan fingerprint density at radius 1 is 0.872 bits per heavy atom. The summed E-state index contributed by atoms with van der Waals surface area (Å²) in [6, 6.07) is 2.01. The lowest BCUT2D eigenvalue weighted by Gasteiger charge is -2.50. The number of nitrogens with one attached hydrogen (secondary N) is 1. The summed E-state index contributed by atoms with van der Waals surface area (Å²) in [4.78, 5) is 95.7. The molecule has 3 aromatic carbocycles. The number of carbonyl (C=O) groups excluding carboxylic acids is 6. The fourth-order valence-electron chi connectivity index (χ4n) is 14.8. The zero-order valence-electron chi connectivity index (χ0n) is 55.9. The highest BCUT2D eigenvalue weighted by Crippen LogP contribution is 2.55. The molecular formula is C69H89N7O18. The van der Waals surface area contributed by atoms with Crippen molar-refractivity contribution in [1.29, 1.82) is 0 Å². The minimum atomic E-state index is -2.63. The highest BCUT2D eigenvalue weighted by molar-refractivity contribution is 6.25. The van der Waals surface area contributed by atoms with Crippen LogP contribution in [-0.2, 0) is 44.6 Å². The number of amides is 2. The summed E-state index contributed by atoms with van der Waals surface area (Å²) in [5.74, 6) is -13.0. The number of Topliss-reactive ketones (excluding diaryl/α,β-unsaturated/α-hetero) is 3. The molecule has 1 saturated heterocycles. The average molecular weight is 1300 g/mol. The van der Waals surface area contributed by atoms with E-state index in [4.69, 9.17) is 34.7 Å². The van der Waals surface area contributed by atoms with Crippen molar-refractivity contribution in [2.45, 2.75) is 142 Å². The Morgan fingerprint density at radius 2 is 1.52 bits per heavy atom. The van der Waals surface area contributed by atoms with Crippen molar-refractivity contribution >= 4 is 63.0 Å². The predicted octanol–water partition coefficient (Wildman–Crippen LogP) is 4.78. The van der Waals surface area contributed by atoms with Crippen molar-refractivity contribution in [2.24, 2.45) is 57.1 Å². The van der Waals surface area contributed by atoms with Gasteiger partial charge in [-0.2, -0.15) is 0 Å². The molecule has 0 aromatic heterocycles. The molecule has 508 valence electrons. The van der Waals surface area contributed by atoms with Gasteiger partial charge in [0.05, 0.1) is 52.5 Å². The van der Waals surface area contributed by atoms with Gasteiger partial charge in [0.25, 0.3) is 17.6 Å². The van der Waals surface area contributed by atoms with E-state index in [0.717, 1.165) is 12.2 Å². The van der Waals surface area contributed by atoms with Crippen molar-refractivity contribution in [3.63, 3.8) is 0 Å². The second-order valence-electron chi connectivity index (χ2n) is 27.3. The SMILES string of the molecule is CN(C)c1ccc(O)c2c1C[C@H]1C[C@H]3[C@H](N(C)C)C(=O)C(C(N)=O)=C(O)[C@@]3(O)C(=O)C1=C2O.CO[C@H]1/C=C\O[C@@]2(C)Oc3c(C)c(O)c4c(O)c(c5c(c4c3C2=O)=NC2(CCN(CC(C)C)CC2)N=5)NC(=O)/C(C)=C/C=C\[C@H](C)[C@H](O)[C@@H](C)[C@@H](O)[C@H](C)[C@@H](OC(C)=O)[C@@H]1C. The highest BCUT2D eigenvalue weighted by atomic mass is 16.7. The van der Waals surface area contributed by atoms with Crippen LogP contribution in [0.2, 0.25) is 0 Å². The van der Waals surface area contributed by atoms with E-state index in [-0.39, 0.29) is 85.1 Å². The maximum absolute atomic E-state index is 14.7. The number of aromatic hydroxyl groups is 3. The number of esters is 1. The lowest BCUT2D eigenvalue weighted by molar-refractivity contribution is -0.160. The van der Waals surface area contributed by atoms with E-state index in [0.29, 0.717) is 37.4 Å². The number of phenolic OH excluding ortho intramolecular Hbond substituents is 3. The molecule has 1 saturated carbocycles. The Bertz CT molecular complexity index is 3940. The second-order valence-corrected chi connectivity index (χ2v) is 27.3. The van der Waals surface area contributed by atoms with Gasteiger partial charge in [-0.25, -0.2) is 0 Å². The number of nitrogens with two attached hydrogens (primary N) is 1. The number of fused-ring (bicyclic) bond motifs is 4. The van der Waals surface area contributed by atoms with Gasteiger partial charge in [-0.05, 0) is 76.4 Å². The number of phenols is 3. The average Bonchev–Trinajstić information content (AvgIpc) is 1.17. The molecule has 2 fully saturated rings. The Hall–Kier alpha value is -8.20. The van der Waals surface area contributed by atoms with Crippen LogP contribution in [0.3, 0.4) is 0 Å². The molecule has 4 bridgehead atoms. The van der Waals surface area contributed by atoms with Gasteiger partial charge in [0, 0.05) is 125 Å². The molecule has 4 aliphatic heterocycles. The van der Waals surface area contributed by atoms with Crippen LogP contribution < -0.4 is 31.4 Å². The normalized spacial score (nSPS) is 31.4. The number of piperidine rings is 1. The number of allylic oxidation sites excluding steroid dienone is 2. The van der Waals surface area contributed by atoms with Gasteiger partial charge in [-0.15, -0.1) is 0 Å². The Balaban J connectivity index is 0.000000264. The number of methoxy groups -OCH3 is 1. The molecule has 94 heavy (non-hydrogen) atoms. The van der Waals surface area contributed by atoms with E-state index >= 15 is 0 Å². The van der Waals surface area contributed by atoms with Gasteiger partial charge in [-0.3, -0.25) is 43.7 Å². The van der Waals surface area contributed by atoms with Crippen LogP contribution in [-0.4, -0.2) is 188 Å². The molecule has 3 aliphatic carbocycles. The predicted molar refractivity (Wildman–Crippen MR) is 346 cm³/mol. The highest BCUT2D eigenvalue weighted by Gasteiger charge is 2.64. The fourth-order valence-corrected chi connectivity index (χ4v) is 14.8. The third-order valence-corrected chi connectivity index (χ3v) is 20.0. The summed E-state index contributed by atoms with van der Waals surface area (Å²) in [5.41, 5.74) is 2.58. The first-order valence-electron chi connectivity index (χ1n) is 31.7. The maximum Gasteiger partial charge on any atom is 0.312 e. The number of rotatable bonds is 7. The van der Waals surface area contributed by atoms with Crippen LogP contribution in [0, 0.1) is 48.3 Å². The molecule has 0 unspecified atom stereocenters. The number of anilines is 2. The number of hydrogen-bond acceptors (Lipinski definition) is 23. The van der Waals surface area contributed by atoms with Crippen molar-refractivity contribution in [1.82, 2.24) is 9.80 Å². The molecule has 10 rings (SSSR count). The maximum atomic E-state index is 14.7. The zero-order valence-corrected chi connectivity index (χ0v) is 55.9. The van der Waals surface area contributed by atoms with Gasteiger partial charge in [0.15, 0.2) is 22.8 Å². The molecule has 13 atom stereocenters. The molecular weight excluding hydrogens is 1210 g/mol. The second kappa shape index (κ2) is 26.2. The third kappa shape index (κ3) is 12.0. The number of ketones is 3. The molecule has 7 aliphatic rings. The summed E-state index contributed by atoms with van der Waals surface area (Å²) in [7, 11) is 8.22. The molecule has 2 amide bonds. The number of likely N-dealkylation sites (N-methyl/N-ethyl adjacent to an activating group) is 1. The van der Waals surface area contributed by atoms with E-state index < -0.39 is 141 Å². The Kier molecular flexibility index (Phi) is 19.5. The molecule has 1 spiro atoms. The number of ether oxygens (including phenoxy) is 4. The van der Waals surface area contributed by atoms with Crippen molar-refractivity contribution in [3.05, 3.63) is 98.1 Å². The summed E-state index contributed by atoms with van der Waals surface area (Å²) < 4.78 is 24.0. The van der Waals surface area contributed by atoms with Gasteiger partial charge >= 0.3 is 11.8 Å². The molecule has 25 heteroatoms. The molecule has 3 aromatic rings. The fraction of sp³-hybridized carbons (Fsp3) is 0.536. The van der Waals surface area contributed by atoms with Crippen LogP contribution in [0.5, 0.6) is 23.0 Å². The van der Waals surface area contributed by atoms with E-state index in [9.17, 15) is 69.6 Å². The number of nitrogens with zero attached hydrogens (tertiary/aromatic N) is 5. The van der Waals surface area contributed by atoms with Crippen LogP contribution in [0.1, 0.15) is 109 Å². The summed E-state index contributed by atoms with van der Waals surface area (Å²) in [6.45, 7) is 19.5. The number of aliphatic hydroxyl groups excluding tert-OH is 4. The van der Waals surface area contributed by atoms with Crippen LogP contribution in [0.25, 0.3) is 16.5 Å². The van der Waals surface area contributed by atoms with Gasteiger partial charge in [-0.1, -0.05) is 59.8 Å². The summed E-state index contributed by atoms with van der Waals surface area (Å²) in [5, 5.41) is 94.1. The number of aliphatic hydroxyl groups is 5. The Morgan fingerprint density at radius 3 is 2.12 bits per heavy atom. The number of hydrogen-bond donors (Lipinski definition) is 10. The van der Waals surface area contributed by atoms with E-state index in [2.05, 4.69) is 24.1 Å². The molecule has 4 heterocycles. The summed E-state index contributed by atoms with van der Waals surface area (Å²) >= 11 is 0. The van der Waals surface area contributed by atoms with E-state index in [1.165, 1.54) is 38.2 Å². The molecule has 0 radical (unpaired) electrons. The first kappa shape index (κ1) is 70.1. The lowest BCUT2D eigenvalue weighted by atomic mass is 9.57. The quantitative estimate of drug-likeness (QED) is 0.0864. The van der Waals surface area contributed by atoms with Crippen LogP contribution >= 0.6 is 0 Å². The minimum Gasteiger partial charge on any atom is -0.508 e. The van der Waals surface area contributed by atoms with Gasteiger partial charge in [0.1, 0.15) is 51.5 Å². The zero-order chi connectivity index (χ0) is 69.4. The van der Waals surface area contributed by atoms with Gasteiger partial charge < -0.3 is 80.6 Å². The molecule has 11 N–H and O–H groups in total. The van der Waals surface area contributed by atoms with Crippen molar-refractivity contribution in [3.8, 4) is 23.0 Å². The standard InChI is InChI=1S/C46H62N4O11.C23H27N3O7/c1-22(2)21-50-18-16-46(17-19-50)48-34-31-32-39(54)28(8)42-33(31)43(56)45(10,61-42)59-20-15-30(58-11)25(5)41(60-29(9)51)27(7)38(53)26(6)37(52)23(3)13-12-14-24(4)44(57)47-36(40(32)55)35(34)49-46;1-25(2)12-5-6-13(27)15-10(12)7-9-8-11-17(26(3)4)19(29)16(22(24)32)21(31)23(11,33)20(30)14(9)18(15)28/h12-15,20,22-23,25-27,30,37-38,41,52-55H,16-19,21H2,1-11H3,(H,47,57);5-6,9,11,17,27-28,31,33H,7-8H2,1-4H3,(H2,24,32)/b13-12-,20-15-,24-14+;/t23-,25+,26+,27-,30-,37-,38+,41-,45-;9-,11-,17-,23-/m00/s1. The number of primary amides is 1. The third-order valence-electron chi connectivity index (χ3n) is 20.0. The monoisotopic (exact) mass is 1300 g/mol. The topological polar surface area (TPSA) is 374 Å². The minimum absolute atomic E-state index is 0.0364. The largest absolute Gasteiger partial charge is 0.508 e. The van der Waals surface area contributed by atoms with Crippen molar-refractivity contribution in [2.75, 3.05) is 65.2 Å². The number of likely N-dealkylation sites (tertiary alicyclic amines) is 1. The van der Waals surface area contributed by atoms with E-state index in [1.807, 2.05) is 19.0 Å².